The Kier molecular flexibility index (Phi) is 5.89. The van der Waals surface area contributed by atoms with E-state index in [0.29, 0.717) is 28.1 Å². The summed E-state index contributed by atoms with van der Waals surface area (Å²) in [6, 6.07) is 8.73. The summed E-state index contributed by atoms with van der Waals surface area (Å²) < 4.78 is 7.58. The average Bonchev–Trinajstić information content (AvgIpc) is 3.07. The first kappa shape index (κ1) is 19.8. The summed E-state index contributed by atoms with van der Waals surface area (Å²) >= 11 is 5.44. The van der Waals surface area contributed by atoms with Gasteiger partial charge in [-0.1, -0.05) is 13.8 Å². The van der Waals surface area contributed by atoms with E-state index in [1.807, 2.05) is 25.1 Å². The second-order valence-electron chi connectivity index (χ2n) is 6.35. The molecule has 0 fully saturated rings. The smallest absolute Gasteiger partial charge is 0.200 e. The second kappa shape index (κ2) is 8.35. The molecular weight excluding hydrogens is 376 g/mol. The molecule has 1 heterocycles. The number of nitrogens with zero attached hydrogens (tertiary/aromatic N) is 2. The van der Waals surface area contributed by atoms with Gasteiger partial charge in [0, 0.05) is 12.6 Å². The average molecular weight is 401 g/mol. The number of phenolic OH excluding ortho intramolecular Hbond substituents is 2. The zero-order valence-corrected chi connectivity index (χ0v) is 16.9. The SMILES string of the molecule is CCCNc1cc(-n2c(-c3cc(CC)c(O)cc3O)n[nH]c2=S)ccc1OC. The molecule has 0 bridgehead atoms. The molecular formula is C20H24N4O3S. The van der Waals surface area contributed by atoms with E-state index >= 15 is 0 Å². The minimum Gasteiger partial charge on any atom is -0.508 e. The van der Waals surface area contributed by atoms with Crippen LogP contribution >= 0.6 is 12.2 Å². The van der Waals surface area contributed by atoms with E-state index in [1.165, 1.54) is 6.07 Å². The molecule has 0 spiro atoms. The molecule has 0 saturated carbocycles. The maximum Gasteiger partial charge on any atom is 0.200 e. The van der Waals surface area contributed by atoms with Crippen molar-refractivity contribution in [1.82, 2.24) is 14.8 Å². The van der Waals surface area contributed by atoms with Crippen LogP contribution in [0.1, 0.15) is 25.8 Å². The van der Waals surface area contributed by atoms with Crippen molar-refractivity contribution in [2.45, 2.75) is 26.7 Å². The Bertz CT molecular complexity index is 1040. The molecule has 8 heteroatoms. The van der Waals surface area contributed by atoms with Crippen molar-refractivity contribution in [1.29, 1.82) is 0 Å². The summed E-state index contributed by atoms with van der Waals surface area (Å²) in [7, 11) is 1.63. The van der Waals surface area contributed by atoms with E-state index in [9.17, 15) is 10.2 Å². The molecule has 0 atom stereocenters. The molecule has 28 heavy (non-hydrogen) atoms. The van der Waals surface area contributed by atoms with Crippen LogP contribution in [0.25, 0.3) is 17.1 Å². The number of aromatic amines is 1. The number of hydrogen-bond donors (Lipinski definition) is 4. The first-order chi connectivity index (χ1) is 13.5. The molecule has 4 N–H and O–H groups in total. The highest BCUT2D eigenvalue weighted by atomic mass is 32.1. The first-order valence-corrected chi connectivity index (χ1v) is 9.55. The van der Waals surface area contributed by atoms with E-state index in [-0.39, 0.29) is 11.5 Å². The lowest BCUT2D eigenvalue weighted by Crippen LogP contribution is -2.04. The molecule has 7 nitrogen and oxygen atoms in total. The standard InChI is InChI=1S/C20H24N4O3S/c1-4-8-21-15-10-13(6-7-18(15)27-3)24-19(22-23-20(24)28)14-9-12(5-2)16(25)11-17(14)26/h6-7,9-11,21,25-26H,4-5,8H2,1-3H3,(H,23,28). The summed E-state index contributed by atoms with van der Waals surface area (Å²) in [5.41, 5.74) is 2.83. The van der Waals surface area contributed by atoms with Crippen molar-refractivity contribution in [3.8, 4) is 34.3 Å². The number of anilines is 1. The number of H-pyrrole nitrogens is 1. The number of nitrogens with one attached hydrogen (secondary N) is 2. The van der Waals surface area contributed by atoms with Crippen LogP contribution in [0.4, 0.5) is 5.69 Å². The number of phenols is 2. The third-order valence-electron chi connectivity index (χ3n) is 4.50. The Balaban J connectivity index is 2.16. The number of aromatic nitrogens is 3. The molecule has 0 aliphatic rings. The van der Waals surface area contributed by atoms with Crippen molar-refractivity contribution in [2.24, 2.45) is 0 Å². The van der Waals surface area contributed by atoms with Crippen LogP contribution in [0.3, 0.4) is 0 Å². The number of benzene rings is 2. The second-order valence-corrected chi connectivity index (χ2v) is 6.74. The van der Waals surface area contributed by atoms with Gasteiger partial charge in [0.1, 0.15) is 17.2 Å². The quantitative estimate of drug-likeness (QED) is 0.439. The van der Waals surface area contributed by atoms with Crippen LogP contribution in [0.2, 0.25) is 0 Å². The van der Waals surface area contributed by atoms with Gasteiger partial charge in [-0.05, 0) is 54.9 Å². The fourth-order valence-corrected chi connectivity index (χ4v) is 3.27. The molecule has 0 radical (unpaired) electrons. The Morgan fingerprint density at radius 2 is 1.96 bits per heavy atom. The van der Waals surface area contributed by atoms with Gasteiger partial charge in [0.05, 0.1) is 24.0 Å². The molecule has 2 aromatic carbocycles. The Morgan fingerprint density at radius 1 is 1.18 bits per heavy atom. The summed E-state index contributed by atoms with van der Waals surface area (Å²) in [6.07, 6.45) is 1.60. The number of ether oxygens (including phenoxy) is 1. The lowest BCUT2D eigenvalue weighted by molar-refractivity contribution is 0.416. The van der Waals surface area contributed by atoms with Crippen molar-refractivity contribution < 1.29 is 14.9 Å². The number of aryl methyl sites for hydroxylation is 1. The van der Waals surface area contributed by atoms with E-state index in [1.54, 1.807) is 17.7 Å². The number of aromatic hydroxyl groups is 2. The van der Waals surface area contributed by atoms with Crippen LogP contribution in [0.5, 0.6) is 17.2 Å². The molecule has 0 aliphatic carbocycles. The highest BCUT2D eigenvalue weighted by Gasteiger charge is 2.18. The summed E-state index contributed by atoms with van der Waals surface area (Å²) in [4.78, 5) is 0. The maximum absolute atomic E-state index is 10.4. The van der Waals surface area contributed by atoms with Gasteiger partial charge in [-0.2, -0.15) is 5.10 Å². The predicted octanol–water partition coefficient (Wildman–Crippen LogP) is 4.40. The Hall–Kier alpha value is -3.00. The highest BCUT2D eigenvalue weighted by molar-refractivity contribution is 7.71. The van der Waals surface area contributed by atoms with Crippen molar-refractivity contribution in [2.75, 3.05) is 19.0 Å². The van der Waals surface area contributed by atoms with Gasteiger partial charge >= 0.3 is 0 Å². The molecule has 0 aliphatic heterocycles. The fraction of sp³-hybridized carbons (Fsp3) is 0.300. The van der Waals surface area contributed by atoms with Crippen molar-refractivity contribution in [3.05, 3.63) is 40.7 Å². The van der Waals surface area contributed by atoms with Crippen LogP contribution in [-0.4, -0.2) is 38.6 Å². The number of methoxy groups -OCH3 is 1. The van der Waals surface area contributed by atoms with E-state index in [4.69, 9.17) is 17.0 Å². The zero-order chi connectivity index (χ0) is 20.3. The summed E-state index contributed by atoms with van der Waals surface area (Å²) in [5.74, 6) is 1.18. The van der Waals surface area contributed by atoms with Crippen molar-refractivity contribution in [3.63, 3.8) is 0 Å². The van der Waals surface area contributed by atoms with Gasteiger partial charge in [-0.25, -0.2) is 0 Å². The number of rotatable bonds is 7. The van der Waals surface area contributed by atoms with Gasteiger partial charge in [0.2, 0.25) is 0 Å². The zero-order valence-electron chi connectivity index (χ0n) is 16.1. The third-order valence-corrected chi connectivity index (χ3v) is 4.77. The van der Waals surface area contributed by atoms with Gasteiger partial charge in [-0.3, -0.25) is 9.67 Å². The molecule has 148 valence electrons. The van der Waals surface area contributed by atoms with Crippen LogP contribution < -0.4 is 10.1 Å². The van der Waals surface area contributed by atoms with Crippen LogP contribution in [-0.2, 0) is 6.42 Å². The Labute approximate surface area is 168 Å². The number of hydrogen-bond acceptors (Lipinski definition) is 6. The molecule has 0 amide bonds. The van der Waals surface area contributed by atoms with E-state index < -0.39 is 0 Å². The molecule has 3 rings (SSSR count). The monoisotopic (exact) mass is 400 g/mol. The minimum atomic E-state index is -0.0669. The molecule has 0 saturated heterocycles. The van der Waals surface area contributed by atoms with Crippen LogP contribution in [0, 0.1) is 4.77 Å². The van der Waals surface area contributed by atoms with Crippen LogP contribution in [0.15, 0.2) is 30.3 Å². The molecule has 1 aromatic heterocycles. The first-order valence-electron chi connectivity index (χ1n) is 9.15. The normalized spacial score (nSPS) is 10.8. The fourth-order valence-electron chi connectivity index (χ4n) is 3.03. The predicted molar refractivity (Wildman–Crippen MR) is 112 cm³/mol. The lowest BCUT2D eigenvalue weighted by Gasteiger charge is -2.14. The van der Waals surface area contributed by atoms with Gasteiger partial charge in [0.15, 0.2) is 10.6 Å². The molecule has 3 aromatic rings. The van der Waals surface area contributed by atoms with E-state index in [2.05, 4.69) is 22.4 Å². The van der Waals surface area contributed by atoms with Gasteiger partial charge in [0.25, 0.3) is 0 Å². The lowest BCUT2D eigenvalue weighted by atomic mass is 10.1. The maximum atomic E-state index is 10.4. The topological polar surface area (TPSA) is 95.3 Å². The van der Waals surface area contributed by atoms with E-state index in [0.717, 1.165) is 30.1 Å². The summed E-state index contributed by atoms with van der Waals surface area (Å²) in [5, 5.41) is 30.9. The van der Waals surface area contributed by atoms with Gasteiger partial charge < -0.3 is 20.3 Å². The largest absolute Gasteiger partial charge is 0.508 e. The third kappa shape index (κ3) is 3.68. The van der Waals surface area contributed by atoms with Crippen molar-refractivity contribution >= 4 is 17.9 Å². The summed E-state index contributed by atoms with van der Waals surface area (Å²) in [6.45, 7) is 4.83. The van der Waals surface area contributed by atoms with Gasteiger partial charge in [-0.15, -0.1) is 0 Å². The minimum absolute atomic E-state index is 0.0555. The Morgan fingerprint density at radius 3 is 2.64 bits per heavy atom. The molecule has 0 unspecified atom stereocenters. The highest BCUT2D eigenvalue weighted by Crippen LogP contribution is 2.36.